The number of carboxylic acids is 1. The number of halogens is 3. The van der Waals surface area contributed by atoms with Gasteiger partial charge in [0, 0.05) is 6.04 Å². The minimum Gasteiger partial charge on any atom is -0.481 e. The van der Waals surface area contributed by atoms with Crippen molar-refractivity contribution < 1.29 is 27.9 Å². The fourth-order valence-electron chi connectivity index (χ4n) is 2.70. The maximum atomic E-state index is 12.5. The third-order valence-corrected chi connectivity index (χ3v) is 3.98. The fraction of sp³-hybridized carbons (Fsp3) is 0.833. The Morgan fingerprint density at radius 1 is 1.26 bits per heavy atom. The Morgan fingerprint density at radius 2 is 1.79 bits per heavy atom. The van der Waals surface area contributed by atoms with Gasteiger partial charge in [-0.3, -0.25) is 9.59 Å². The summed E-state index contributed by atoms with van der Waals surface area (Å²) in [5, 5.41) is 8.98. The second kappa shape index (κ2) is 4.11. The molecular weight excluding hydrogens is 263 g/mol. The minimum absolute atomic E-state index is 0.375. The molecule has 1 amide bonds. The van der Waals surface area contributed by atoms with Crippen molar-refractivity contribution in [1.29, 1.82) is 0 Å². The number of hydrogen-bond donors (Lipinski definition) is 1. The minimum atomic E-state index is -4.45. The average Bonchev–Trinajstić information content (AvgIpc) is 3.07. The van der Waals surface area contributed by atoms with E-state index in [9.17, 15) is 22.8 Å². The Labute approximate surface area is 108 Å². The smallest absolute Gasteiger partial charge is 0.406 e. The second-order valence-corrected chi connectivity index (χ2v) is 5.93. The van der Waals surface area contributed by atoms with E-state index >= 15 is 0 Å². The van der Waals surface area contributed by atoms with Gasteiger partial charge in [-0.05, 0) is 18.3 Å². The van der Waals surface area contributed by atoms with Crippen LogP contribution in [0.5, 0.6) is 0 Å². The average molecular weight is 279 g/mol. The molecule has 2 atom stereocenters. The van der Waals surface area contributed by atoms with Crippen LogP contribution in [0.25, 0.3) is 0 Å². The fourth-order valence-corrected chi connectivity index (χ4v) is 2.70. The molecule has 2 fully saturated rings. The molecule has 0 radical (unpaired) electrons. The van der Waals surface area contributed by atoms with Gasteiger partial charge >= 0.3 is 12.1 Å². The predicted molar refractivity (Wildman–Crippen MR) is 59.2 cm³/mol. The zero-order chi connectivity index (χ0) is 14.6. The van der Waals surface area contributed by atoms with Crippen molar-refractivity contribution in [3.05, 3.63) is 0 Å². The van der Waals surface area contributed by atoms with E-state index in [0.717, 1.165) is 4.90 Å². The third-order valence-electron chi connectivity index (χ3n) is 3.98. The highest BCUT2D eigenvalue weighted by Crippen LogP contribution is 2.59. The first kappa shape index (κ1) is 14.1. The quantitative estimate of drug-likeness (QED) is 0.855. The summed E-state index contributed by atoms with van der Waals surface area (Å²) in [4.78, 5) is 24.0. The van der Waals surface area contributed by atoms with E-state index in [4.69, 9.17) is 5.11 Å². The molecule has 19 heavy (non-hydrogen) atoms. The molecule has 0 spiro atoms. The Morgan fingerprint density at radius 3 is 2.11 bits per heavy atom. The van der Waals surface area contributed by atoms with Crippen LogP contribution in [0.15, 0.2) is 0 Å². The number of nitrogens with zero attached hydrogens (tertiary/aromatic N) is 1. The Kier molecular flexibility index (Phi) is 3.06. The summed E-state index contributed by atoms with van der Waals surface area (Å²) < 4.78 is 37.4. The third kappa shape index (κ3) is 2.69. The first-order chi connectivity index (χ1) is 8.55. The van der Waals surface area contributed by atoms with Crippen molar-refractivity contribution in [3.63, 3.8) is 0 Å². The molecule has 0 saturated heterocycles. The highest BCUT2D eigenvalue weighted by molar-refractivity contribution is 5.92. The number of carboxylic acid groups (broad SMARTS) is 1. The van der Waals surface area contributed by atoms with E-state index in [1.165, 1.54) is 0 Å². The van der Waals surface area contributed by atoms with Gasteiger partial charge in [0.2, 0.25) is 5.91 Å². The van der Waals surface area contributed by atoms with Crippen LogP contribution in [0.2, 0.25) is 0 Å². The number of rotatable bonds is 4. The highest BCUT2D eigenvalue weighted by atomic mass is 19.4. The van der Waals surface area contributed by atoms with Gasteiger partial charge in [-0.1, -0.05) is 13.8 Å². The molecule has 7 heteroatoms. The monoisotopic (exact) mass is 279 g/mol. The topological polar surface area (TPSA) is 57.6 Å². The number of hydrogen-bond acceptors (Lipinski definition) is 2. The van der Waals surface area contributed by atoms with Crippen LogP contribution in [-0.2, 0) is 9.59 Å². The zero-order valence-corrected chi connectivity index (χ0v) is 10.7. The van der Waals surface area contributed by atoms with Gasteiger partial charge in [-0.25, -0.2) is 0 Å². The summed E-state index contributed by atoms with van der Waals surface area (Å²) in [6, 6.07) is -0.375. The summed E-state index contributed by atoms with van der Waals surface area (Å²) >= 11 is 0. The molecule has 0 aliphatic heterocycles. The van der Waals surface area contributed by atoms with Crippen molar-refractivity contribution in [2.75, 3.05) is 6.54 Å². The second-order valence-electron chi connectivity index (χ2n) is 5.93. The maximum Gasteiger partial charge on any atom is 0.406 e. The van der Waals surface area contributed by atoms with Gasteiger partial charge in [-0.2, -0.15) is 13.2 Å². The normalized spacial score (nSPS) is 28.9. The SMILES string of the molecule is CC1(C)C(C(=O)O)C1C(=O)N(CC(F)(F)F)C1CC1. The van der Waals surface area contributed by atoms with Crippen LogP contribution in [0.4, 0.5) is 13.2 Å². The Bertz CT molecular complexity index is 415. The van der Waals surface area contributed by atoms with Crippen molar-refractivity contribution in [2.45, 2.75) is 38.9 Å². The van der Waals surface area contributed by atoms with Gasteiger partial charge in [0.15, 0.2) is 0 Å². The van der Waals surface area contributed by atoms with E-state index in [1.54, 1.807) is 13.8 Å². The molecule has 108 valence electrons. The van der Waals surface area contributed by atoms with Crippen molar-refractivity contribution in [3.8, 4) is 0 Å². The van der Waals surface area contributed by atoms with Crippen LogP contribution in [-0.4, -0.2) is 40.6 Å². The van der Waals surface area contributed by atoms with Gasteiger partial charge < -0.3 is 10.0 Å². The molecule has 1 N–H and O–H groups in total. The van der Waals surface area contributed by atoms with Crippen molar-refractivity contribution in [1.82, 2.24) is 4.90 Å². The Balaban J connectivity index is 2.11. The number of carbonyl (C=O) groups excluding carboxylic acids is 1. The lowest BCUT2D eigenvalue weighted by Gasteiger charge is -2.24. The molecule has 4 nitrogen and oxygen atoms in total. The van der Waals surface area contributed by atoms with Crippen LogP contribution in [0.3, 0.4) is 0 Å². The molecule has 0 aromatic heterocycles. The zero-order valence-electron chi connectivity index (χ0n) is 10.7. The first-order valence-electron chi connectivity index (χ1n) is 6.15. The van der Waals surface area contributed by atoms with Crippen LogP contribution < -0.4 is 0 Å². The molecule has 0 bridgehead atoms. The number of amides is 1. The van der Waals surface area contributed by atoms with Crippen LogP contribution in [0, 0.1) is 17.3 Å². The molecule has 2 unspecified atom stereocenters. The standard InChI is InChI=1S/C12H16F3NO3/c1-11(2)7(8(11)10(18)19)9(17)16(6-3-4-6)5-12(13,14)15/h6-8H,3-5H2,1-2H3,(H,18,19). The van der Waals surface area contributed by atoms with Crippen LogP contribution in [0.1, 0.15) is 26.7 Å². The van der Waals surface area contributed by atoms with Crippen LogP contribution >= 0.6 is 0 Å². The molecule has 0 aromatic carbocycles. The summed E-state index contributed by atoms with van der Waals surface area (Å²) in [5.74, 6) is -3.51. The lowest BCUT2D eigenvalue weighted by atomic mass is 10.1. The maximum absolute atomic E-state index is 12.5. The lowest BCUT2D eigenvalue weighted by Crippen LogP contribution is -2.42. The van der Waals surface area contributed by atoms with Gasteiger partial charge in [0.1, 0.15) is 6.54 Å². The van der Waals surface area contributed by atoms with E-state index in [-0.39, 0.29) is 6.04 Å². The summed E-state index contributed by atoms with van der Waals surface area (Å²) in [6.07, 6.45) is -3.32. The van der Waals surface area contributed by atoms with Crippen molar-refractivity contribution >= 4 is 11.9 Å². The van der Waals surface area contributed by atoms with Gasteiger partial charge in [-0.15, -0.1) is 0 Å². The summed E-state index contributed by atoms with van der Waals surface area (Å²) in [7, 11) is 0. The van der Waals surface area contributed by atoms with E-state index in [2.05, 4.69) is 0 Å². The van der Waals surface area contributed by atoms with Gasteiger partial charge in [0.05, 0.1) is 11.8 Å². The Hall–Kier alpha value is -1.27. The molecular formula is C12H16F3NO3. The molecule has 2 rings (SSSR count). The molecule has 0 heterocycles. The van der Waals surface area contributed by atoms with E-state index in [1.807, 2.05) is 0 Å². The van der Waals surface area contributed by atoms with E-state index < -0.39 is 41.8 Å². The molecule has 2 aliphatic rings. The number of aliphatic carboxylic acids is 1. The number of alkyl halides is 3. The van der Waals surface area contributed by atoms with Gasteiger partial charge in [0.25, 0.3) is 0 Å². The highest BCUT2D eigenvalue weighted by Gasteiger charge is 2.67. The summed E-state index contributed by atoms with van der Waals surface area (Å²) in [5.41, 5.74) is -0.762. The molecule has 2 saturated carbocycles. The predicted octanol–water partition coefficient (Wildman–Crippen LogP) is 1.90. The summed E-state index contributed by atoms with van der Waals surface area (Å²) in [6.45, 7) is 1.93. The lowest BCUT2D eigenvalue weighted by molar-refractivity contribution is -0.164. The molecule has 0 aromatic rings. The molecule has 2 aliphatic carbocycles. The first-order valence-corrected chi connectivity index (χ1v) is 6.15. The van der Waals surface area contributed by atoms with Crippen molar-refractivity contribution in [2.24, 2.45) is 17.3 Å². The number of carbonyl (C=O) groups is 2. The van der Waals surface area contributed by atoms with E-state index in [0.29, 0.717) is 12.8 Å². The largest absolute Gasteiger partial charge is 0.481 e.